The summed E-state index contributed by atoms with van der Waals surface area (Å²) < 4.78 is 15.3. The predicted octanol–water partition coefficient (Wildman–Crippen LogP) is 2.10. The van der Waals surface area contributed by atoms with Gasteiger partial charge in [-0.3, -0.25) is 4.79 Å². The van der Waals surface area contributed by atoms with Crippen LogP contribution in [0.1, 0.15) is 18.8 Å². The third-order valence-electron chi connectivity index (χ3n) is 4.29. The highest BCUT2D eigenvalue weighted by molar-refractivity contribution is 6.76. The molecule has 1 amide bonds. The summed E-state index contributed by atoms with van der Waals surface area (Å²) in [5.41, 5.74) is 0.827. The van der Waals surface area contributed by atoms with Gasteiger partial charge in [-0.25, -0.2) is 0 Å². The number of rotatable bonds is 2. The molecule has 0 radical (unpaired) electrons. The first-order chi connectivity index (χ1) is 11.8. The zero-order valence-corrected chi connectivity index (χ0v) is 15.5. The molecular formula is C16H18Cl3NO5. The van der Waals surface area contributed by atoms with Crippen molar-refractivity contribution in [1.82, 2.24) is 5.32 Å². The lowest BCUT2D eigenvalue weighted by Crippen LogP contribution is -2.66. The molecule has 2 fully saturated rings. The number of alkyl halides is 3. The fourth-order valence-electron chi connectivity index (χ4n) is 3.03. The summed E-state index contributed by atoms with van der Waals surface area (Å²) in [6.07, 6.45) is -3.31. The van der Waals surface area contributed by atoms with Gasteiger partial charge in [-0.05, 0) is 6.92 Å². The van der Waals surface area contributed by atoms with Crippen LogP contribution in [0.2, 0.25) is 0 Å². The third kappa shape index (κ3) is 4.22. The van der Waals surface area contributed by atoms with Crippen LogP contribution in [0.15, 0.2) is 30.3 Å². The number of amides is 1. The van der Waals surface area contributed by atoms with Gasteiger partial charge in [0, 0.05) is 5.56 Å². The summed E-state index contributed by atoms with van der Waals surface area (Å²) in [6.45, 7) is 1.97. The van der Waals surface area contributed by atoms with Gasteiger partial charge in [0.1, 0.15) is 18.3 Å². The number of carbonyl (C=O) groups excluding carboxylic acids is 1. The highest BCUT2D eigenvalue weighted by Crippen LogP contribution is 2.34. The molecular weight excluding hydrogens is 393 g/mol. The van der Waals surface area contributed by atoms with Crippen LogP contribution in [0, 0.1) is 0 Å². The summed E-state index contributed by atoms with van der Waals surface area (Å²) >= 11 is 16.8. The second-order valence-corrected chi connectivity index (χ2v) is 8.33. The molecule has 0 bridgehead atoms. The van der Waals surface area contributed by atoms with E-state index in [0.717, 1.165) is 5.56 Å². The number of halogens is 3. The number of carbonyl (C=O) groups is 1. The molecule has 1 aromatic rings. The molecule has 6 atom stereocenters. The number of hydrogen-bond donors (Lipinski definition) is 2. The molecule has 138 valence electrons. The molecule has 2 heterocycles. The highest BCUT2D eigenvalue weighted by Gasteiger charge is 2.49. The first kappa shape index (κ1) is 19.2. The van der Waals surface area contributed by atoms with Gasteiger partial charge < -0.3 is 24.6 Å². The average Bonchev–Trinajstić information content (AvgIpc) is 2.58. The molecule has 3 rings (SSSR count). The van der Waals surface area contributed by atoms with E-state index < -0.39 is 46.4 Å². The van der Waals surface area contributed by atoms with E-state index in [0.29, 0.717) is 0 Å². The standard InChI is InChI=1S/C16H18Cl3NO5/c1-8-11(20-15(22)16(17,18)19)12(21)13-10(24-8)7-23-14(25-13)9-5-3-2-4-6-9/h2-6,8,10-14,21H,7H2,1H3,(H,20,22). The maximum Gasteiger partial charge on any atom is 0.272 e. The van der Waals surface area contributed by atoms with Crippen molar-refractivity contribution in [2.45, 2.75) is 47.5 Å². The van der Waals surface area contributed by atoms with Gasteiger partial charge >= 0.3 is 0 Å². The molecule has 0 spiro atoms. The molecule has 6 unspecified atom stereocenters. The van der Waals surface area contributed by atoms with E-state index in [1.54, 1.807) is 6.92 Å². The van der Waals surface area contributed by atoms with E-state index in [-0.39, 0.29) is 6.61 Å². The minimum absolute atomic E-state index is 0.261. The van der Waals surface area contributed by atoms with E-state index >= 15 is 0 Å². The SMILES string of the molecule is CC1OC2COC(c3ccccc3)OC2C(O)C1NC(=O)C(Cl)(Cl)Cl. The molecule has 6 nitrogen and oxygen atoms in total. The topological polar surface area (TPSA) is 77.0 Å². The Kier molecular flexibility index (Phi) is 5.80. The Hall–Kier alpha value is -0.600. The number of aliphatic hydroxyl groups is 1. The molecule has 2 saturated heterocycles. The molecule has 0 saturated carbocycles. The number of aliphatic hydroxyl groups excluding tert-OH is 1. The Morgan fingerprint density at radius 1 is 1.24 bits per heavy atom. The van der Waals surface area contributed by atoms with Crippen LogP contribution < -0.4 is 5.32 Å². The number of fused-ring (bicyclic) bond motifs is 1. The van der Waals surface area contributed by atoms with Crippen LogP contribution in [-0.2, 0) is 19.0 Å². The Balaban J connectivity index is 1.73. The van der Waals surface area contributed by atoms with Gasteiger partial charge in [0.15, 0.2) is 6.29 Å². The van der Waals surface area contributed by atoms with Crippen LogP contribution in [0.4, 0.5) is 0 Å². The molecule has 1 aromatic carbocycles. The molecule has 2 aliphatic heterocycles. The van der Waals surface area contributed by atoms with Gasteiger partial charge in [-0.15, -0.1) is 0 Å². The molecule has 2 N–H and O–H groups in total. The van der Waals surface area contributed by atoms with Crippen molar-refractivity contribution in [1.29, 1.82) is 0 Å². The summed E-state index contributed by atoms with van der Waals surface area (Å²) in [7, 11) is 0. The van der Waals surface area contributed by atoms with Crippen LogP contribution >= 0.6 is 34.8 Å². The van der Waals surface area contributed by atoms with Gasteiger partial charge in [0.05, 0.1) is 18.8 Å². The van der Waals surface area contributed by atoms with Crippen molar-refractivity contribution in [3.63, 3.8) is 0 Å². The second-order valence-electron chi connectivity index (χ2n) is 6.04. The van der Waals surface area contributed by atoms with Crippen molar-refractivity contribution in [3.8, 4) is 0 Å². The van der Waals surface area contributed by atoms with Crippen molar-refractivity contribution >= 4 is 40.7 Å². The first-order valence-corrected chi connectivity index (χ1v) is 8.94. The summed E-state index contributed by atoms with van der Waals surface area (Å²) in [5, 5.41) is 13.2. The predicted molar refractivity (Wildman–Crippen MR) is 92.6 cm³/mol. The lowest BCUT2D eigenvalue weighted by molar-refractivity contribution is -0.313. The molecule has 9 heteroatoms. The average molecular weight is 411 g/mol. The van der Waals surface area contributed by atoms with Crippen LogP contribution in [0.3, 0.4) is 0 Å². The summed E-state index contributed by atoms with van der Waals surface area (Å²) in [5.74, 6) is -0.831. The Bertz CT molecular complexity index is 612. The Morgan fingerprint density at radius 2 is 1.92 bits per heavy atom. The lowest BCUT2D eigenvalue weighted by Gasteiger charge is -2.47. The minimum Gasteiger partial charge on any atom is -0.388 e. The minimum atomic E-state index is -2.13. The largest absolute Gasteiger partial charge is 0.388 e. The first-order valence-electron chi connectivity index (χ1n) is 7.80. The van der Waals surface area contributed by atoms with E-state index in [9.17, 15) is 9.90 Å². The zero-order chi connectivity index (χ0) is 18.2. The number of ether oxygens (including phenoxy) is 3. The van der Waals surface area contributed by atoms with Gasteiger partial charge in [-0.2, -0.15) is 0 Å². The van der Waals surface area contributed by atoms with Crippen molar-refractivity contribution in [3.05, 3.63) is 35.9 Å². The molecule has 0 aromatic heterocycles. The van der Waals surface area contributed by atoms with E-state index in [1.165, 1.54) is 0 Å². The Morgan fingerprint density at radius 3 is 2.56 bits per heavy atom. The highest BCUT2D eigenvalue weighted by atomic mass is 35.6. The number of nitrogens with one attached hydrogen (secondary N) is 1. The second kappa shape index (κ2) is 7.56. The quantitative estimate of drug-likeness (QED) is 0.730. The number of benzene rings is 1. The lowest BCUT2D eigenvalue weighted by atomic mass is 9.92. The van der Waals surface area contributed by atoms with Crippen molar-refractivity contribution < 1.29 is 24.1 Å². The van der Waals surface area contributed by atoms with E-state index in [1.807, 2.05) is 30.3 Å². The van der Waals surface area contributed by atoms with Gasteiger partial charge in [-0.1, -0.05) is 65.1 Å². The monoisotopic (exact) mass is 409 g/mol. The maximum atomic E-state index is 11.9. The van der Waals surface area contributed by atoms with Crippen molar-refractivity contribution in [2.75, 3.05) is 6.61 Å². The van der Waals surface area contributed by atoms with E-state index in [2.05, 4.69) is 5.32 Å². The van der Waals surface area contributed by atoms with Crippen LogP contribution in [0.5, 0.6) is 0 Å². The zero-order valence-electron chi connectivity index (χ0n) is 13.3. The molecule has 2 aliphatic rings. The fourth-order valence-corrected chi connectivity index (χ4v) is 3.19. The smallest absolute Gasteiger partial charge is 0.272 e. The van der Waals surface area contributed by atoms with Crippen LogP contribution in [-0.4, -0.2) is 51.9 Å². The van der Waals surface area contributed by atoms with Gasteiger partial charge in [0.25, 0.3) is 9.70 Å². The third-order valence-corrected chi connectivity index (χ3v) is 4.80. The Labute approximate surface area is 160 Å². The van der Waals surface area contributed by atoms with Crippen LogP contribution in [0.25, 0.3) is 0 Å². The van der Waals surface area contributed by atoms with E-state index in [4.69, 9.17) is 49.0 Å². The summed E-state index contributed by atoms with van der Waals surface area (Å²) in [4.78, 5) is 11.9. The normalized spacial score (nSPS) is 35.7. The fraction of sp³-hybridized carbons (Fsp3) is 0.562. The van der Waals surface area contributed by atoms with Gasteiger partial charge in [0.2, 0.25) is 0 Å². The van der Waals surface area contributed by atoms with Crippen molar-refractivity contribution in [2.24, 2.45) is 0 Å². The number of hydrogen-bond acceptors (Lipinski definition) is 5. The molecule has 25 heavy (non-hydrogen) atoms. The maximum absolute atomic E-state index is 11.9. The summed E-state index contributed by atoms with van der Waals surface area (Å²) in [6, 6.07) is 8.58. The molecule has 0 aliphatic carbocycles.